The number of carbonyl (C=O) groups excluding carboxylic acids is 2. The number of hydrogen-bond donors (Lipinski definition) is 0. The first-order valence-corrected chi connectivity index (χ1v) is 11.7. The Morgan fingerprint density at radius 1 is 0.579 bits per heavy atom. The van der Waals surface area contributed by atoms with Gasteiger partial charge in [-0.2, -0.15) is 0 Å². The molecule has 0 bridgehead atoms. The van der Waals surface area contributed by atoms with Gasteiger partial charge in [0.1, 0.15) is 5.75 Å². The fourth-order valence-electron chi connectivity index (χ4n) is 3.58. The van der Waals surface area contributed by atoms with Crippen LogP contribution >= 0.6 is 0 Å². The maximum atomic E-state index is 13.2. The molecular weight excluding hydrogens is 496 g/mol. The molecule has 0 N–H and O–H groups in total. The summed E-state index contributed by atoms with van der Waals surface area (Å²) in [5.41, 5.74) is 0.798. The van der Waals surface area contributed by atoms with Crippen LogP contribution in [0.3, 0.4) is 0 Å². The molecule has 10 nitrogen and oxygen atoms in total. The average Bonchev–Trinajstić information content (AvgIpc) is 2.93. The van der Waals surface area contributed by atoms with Crippen molar-refractivity contribution in [3.05, 3.63) is 46.5 Å². The summed E-state index contributed by atoms with van der Waals surface area (Å²) < 4.78 is 43.1. The molecule has 0 atom stereocenters. The van der Waals surface area contributed by atoms with Crippen LogP contribution in [0.15, 0.2) is 35.4 Å². The van der Waals surface area contributed by atoms with Crippen LogP contribution in [-0.2, 0) is 19.1 Å². The van der Waals surface area contributed by atoms with Crippen LogP contribution in [0.2, 0.25) is 0 Å². The van der Waals surface area contributed by atoms with Gasteiger partial charge in [0, 0.05) is 11.6 Å². The number of hydrogen-bond acceptors (Lipinski definition) is 10. The molecule has 0 fully saturated rings. The van der Waals surface area contributed by atoms with E-state index >= 15 is 0 Å². The Hall–Kier alpha value is -4.34. The number of benzene rings is 2. The molecule has 38 heavy (non-hydrogen) atoms. The van der Waals surface area contributed by atoms with Gasteiger partial charge in [-0.1, -0.05) is 0 Å². The van der Waals surface area contributed by atoms with Crippen molar-refractivity contribution in [2.75, 3.05) is 55.9 Å². The van der Waals surface area contributed by atoms with Gasteiger partial charge >= 0.3 is 11.9 Å². The second-order valence-corrected chi connectivity index (χ2v) is 7.46. The SMILES string of the molecule is CCOC(=O)C(=C/c1cc(OC)c(OC)c(OC)c1)/C(=C\c1cc(OC)c(OC)cc1OC)C(=O)OCC. The smallest absolute Gasteiger partial charge is 0.339 e. The summed E-state index contributed by atoms with van der Waals surface area (Å²) in [6.07, 6.45) is 2.96. The highest BCUT2D eigenvalue weighted by molar-refractivity contribution is 6.13. The largest absolute Gasteiger partial charge is 0.496 e. The summed E-state index contributed by atoms with van der Waals surface area (Å²) in [6, 6.07) is 6.51. The Morgan fingerprint density at radius 2 is 1.03 bits per heavy atom. The number of ether oxygens (including phenoxy) is 8. The fourth-order valence-corrected chi connectivity index (χ4v) is 3.58. The molecule has 2 aromatic carbocycles. The minimum atomic E-state index is -0.740. The van der Waals surface area contributed by atoms with E-state index in [9.17, 15) is 9.59 Å². The molecular formula is C28H34O10. The van der Waals surface area contributed by atoms with Crippen molar-refractivity contribution in [2.45, 2.75) is 13.8 Å². The summed E-state index contributed by atoms with van der Waals surface area (Å²) in [6.45, 7) is 3.50. The molecule has 0 unspecified atom stereocenters. The molecule has 2 rings (SSSR count). The molecule has 0 amide bonds. The minimum absolute atomic E-state index is 0.0589. The Labute approximate surface area is 222 Å². The third-order valence-corrected chi connectivity index (χ3v) is 5.31. The van der Waals surface area contributed by atoms with E-state index in [4.69, 9.17) is 37.9 Å². The van der Waals surface area contributed by atoms with Gasteiger partial charge in [-0.15, -0.1) is 0 Å². The van der Waals surface area contributed by atoms with Gasteiger partial charge in [0.15, 0.2) is 23.0 Å². The molecule has 0 saturated heterocycles. The van der Waals surface area contributed by atoms with Gasteiger partial charge in [-0.05, 0) is 49.8 Å². The van der Waals surface area contributed by atoms with E-state index in [1.165, 1.54) is 54.8 Å². The molecule has 2 aromatic rings. The standard InChI is InChI=1S/C28H34O10/c1-9-37-27(29)19(11-17-12-24(34-6)26(36-8)25(13-17)35-7)20(28(30)38-10-2)14-18-15-22(32-4)23(33-5)16-21(18)31-3/h11-16H,9-10H2,1-8H3/b19-11+,20-14+. The van der Waals surface area contributed by atoms with E-state index in [0.29, 0.717) is 45.6 Å². The molecule has 0 aliphatic carbocycles. The highest BCUT2D eigenvalue weighted by Crippen LogP contribution is 2.40. The predicted octanol–water partition coefficient (Wildman–Crippen LogP) is 4.33. The summed E-state index contributed by atoms with van der Waals surface area (Å²) in [5.74, 6) is 0.832. The maximum absolute atomic E-state index is 13.2. The second kappa shape index (κ2) is 14.4. The van der Waals surface area contributed by atoms with Crippen molar-refractivity contribution < 1.29 is 47.5 Å². The van der Waals surface area contributed by atoms with E-state index in [1.807, 2.05) is 0 Å². The van der Waals surface area contributed by atoms with Crippen LogP contribution in [0.4, 0.5) is 0 Å². The highest BCUT2D eigenvalue weighted by Gasteiger charge is 2.25. The van der Waals surface area contributed by atoms with Crippen molar-refractivity contribution in [2.24, 2.45) is 0 Å². The van der Waals surface area contributed by atoms with Gasteiger partial charge < -0.3 is 37.9 Å². The van der Waals surface area contributed by atoms with Gasteiger partial charge in [0.2, 0.25) is 5.75 Å². The molecule has 0 aliphatic heterocycles. The molecule has 0 spiro atoms. The molecule has 10 heteroatoms. The number of rotatable bonds is 13. The van der Waals surface area contributed by atoms with Crippen molar-refractivity contribution >= 4 is 24.1 Å². The first-order valence-electron chi connectivity index (χ1n) is 11.7. The van der Waals surface area contributed by atoms with Crippen LogP contribution in [0.1, 0.15) is 25.0 Å². The lowest BCUT2D eigenvalue weighted by Crippen LogP contribution is -2.17. The number of methoxy groups -OCH3 is 6. The molecule has 206 valence electrons. The highest BCUT2D eigenvalue weighted by atomic mass is 16.5. The Kier molecular flexibility index (Phi) is 11.3. The van der Waals surface area contributed by atoms with Crippen LogP contribution < -0.4 is 28.4 Å². The summed E-state index contributed by atoms with van der Waals surface area (Å²) in [4.78, 5) is 26.4. The summed E-state index contributed by atoms with van der Waals surface area (Å²) in [7, 11) is 8.89. The fraction of sp³-hybridized carbons (Fsp3) is 0.357. The monoisotopic (exact) mass is 530 g/mol. The van der Waals surface area contributed by atoms with Crippen LogP contribution in [-0.4, -0.2) is 67.8 Å². The van der Waals surface area contributed by atoms with E-state index in [1.54, 1.807) is 38.1 Å². The van der Waals surface area contributed by atoms with Crippen LogP contribution in [0.5, 0.6) is 34.5 Å². The lowest BCUT2D eigenvalue weighted by Gasteiger charge is -2.16. The first-order chi connectivity index (χ1) is 18.3. The van der Waals surface area contributed by atoms with Gasteiger partial charge in [0.05, 0.1) is 67.0 Å². The number of carbonyl (C=O) groups is 2. The number of esters is 2. The normalized spacial score (nSPS) is 11.4. The summed E-state index contributed by atoms with van der Waals surface area (Å²) >= 11 is 0. The quantitative estimate of drug-likeness (QED) is 0.211. The van der Waals surface area contributed by atoms with Crippen LogP contribution in [0.25, 0.3) is 12.2 Å². The van der Waals surface area contributed by atoms with Gasteiger partial charge in [0.25, 0.3) is 0 Å². The Bertz CT molecular complexity index is 1170. The third-order valence-electron chi connectivity index (χ3n) is 5.31. The lowest BCUT2D eigenvalue weighted by atomic mass is 9.99. The van der Waals surface area contributed by atoms with Crippen molar-refractivity contribution in [3.63, 3.8) is 0 Å². The minimum Gasteiger partial charge on any atom is -0.496 e. The third kappa shape index (κ3) is 6.90. The van der Waals surface area contributed by atoms with Crippen molar-refractivity contribution in [1.82, 2.24) is 0 Å². The Balaban J connectivity index is 2.89. The van der Waals surface area contributed by atoms with E-state index in [2.05, 4.69) is 0 Å². The Morgan fingerprint density at radius 3 is 1.45 bits per heavy atom. The van der Waals surface area contributed by atoms with Crippen LogP contribution in [0, 0.1) is 0 Å². The van der Waals surface area contributed by atoms with E-state index < -0.39 is 11.9 Å². The molecule has 0 aromatic heterocycles. The van der Waals surface area contributed by atoms with Gasteiger partial charge in [-0.25, -0.2) is 9.59 Å². The van der Waals surface area contributed by atoms with E-state index in [0.717, 1.165) is 0 Å². The zero-order chi connectivity index (χ0) is 28.2. The van der Waals surface area contributed by atoms with E-state index in [-0.39, 0.29) is 24.4 Å². The molecule has 0 heterocycles. The zero-order valence-electron chi connectivity index (χ0n) is 23.0. The second-order valence-electron chi connectivity index (χ2n) is 7.46. The zero-order valence-corrected chi connectivity index (χ0v) is 23.0. The van der Waals surface area contributed by atoms with Gasteiger partial charge in [-0.3, -0.25) is 0 Å². The predicted molar refractivity (Wildman–Crippen MR) is 141 cm³/mol. The topological polar surface area (TPSA) is 108 Å². The lowest BCUT2D eigenvalue weighted by molar-refractivity contribution is -0.141. The molecule has 0 aliphatic rings. The first kappa shape index (κ1) is 29.9. The summed E-state index contributed by atoms with van der Waals surface area (Å²) in [5, 5.41) is 0. The average molecular weight is 531 g/mol. The molecule has 0 radical (unpaired) electrons. The van der Waals surface area contributed by atoms with Crippen molar-refractivity contribution in [3.8, 4) is 34.5 Å². The molecule has 0 saturated carbocycles. The van der Waals surface area contributed by atoms with Crippen molar-refractivity contribution in [1.29, 1.82) is 0 Å². The maximum Gasteiger partial charge on any atom is 0.339 e.